The lowest BCUT2D eigenvalue weighted by atomic mass is 10.2. The Morgan fingerprint density at radius 2 is 2.00 bits per heavy atom. The average Bonchev–Trinajstić information content (AvgIpc) is 2.61. The molecule has 1 amide bonds. The maximum atomic E-state index is 12.6. The number of aromatic nitrogens is 1. The lowest BCUT2D eigenvalue weighted by Gasteiger charge is -2.27. The molecule has 1 aliphatic heterocycles. The van der Waals surface area contributed by atoms with Gasteiger partial charge in [0.05, 0.1) is 0 Å². The van der Waals surface area contributed by atoms with Gasteiger partial charge < -0.3 is 9.72 Å². The number of carbonyl (C=O) groups excluding carboxylic acids is 1. The molecule has 1 fully saturated rings. The number of hydrogen-bond acceptors (Lipinski definition) is 4. The highest BCUT2D eigenvalue weighted by Gasteiger charge is 2.23. The minimum atomic E-state index is -0.306. The Hall–Kier alpha value is -2.60. The van der Waals surface area contributed by atoms with Crippen LogP contribution in [0.3, 0.4) is 0 Å². The summed E-state index contributed by atoms with van der Waals surface area (Å²) < 4.78 is 5.65. The van der Waals surface area contributed by atoms with Gasteiger partial charge in [-0.2, -0.15) is 0 Å². The summed E-state index contributed by atoms with van der Waals surface area (Å²) in [4.78, 5) is 27.6. The molecule has 0 atom stereocenters. The molecule has 0 spiro atoms. The minimum Gasteiger partial charge on any atom is -0.483 e. The first kappa shape index (κ1) is 15.3. The predicted octanol–water partition coefficient (Wildman–Crippen LogP) is 1.69. The monoisotopic (exact) mass is 313 g/mol. The van der Waals surface area contributed by atoms with Crippen molar-refractivity contribution in [1.29, 1.82) is 0 Å². The van der Waals surface area contributed by atoms with Crippen LogP contribution < -0.4 is 15.6 Å². The van der Waals surface area contributed by atoms with Crippen LogP contribution in [0.5, 0.6) is 5.75 Å². The third-order valence-electron chi connectivity index (χ3n) is 3.71. The second-order valence-electron chi connectivity index (χ2n) is 5.39. The fourth-order valence-electron chi connectivity index (χ4n) is 2.49. The number of amides is 1. The van der Waals surface area contributed by atoms with Gasteiger partial charge in [-0.1, -0.05) is 30.3 Å². The highest BCUT2D eigenvalue weighted by atomic mass is 16.5. The van der Waals surface area contributed by atoms with Gasteiger partial charge >= 0.3 is 0 Å². The fourth-order valence-corrected chi connectivity index (χ4v) is 2.49. The molecule has 0 radical (unpaired) electrons. The number of hydrazine groups is 1. The van der Waals surface area contributed by atoms with Crippen LogP contribution in [0.25, 0.3) is 0 Å². The van der Waals surface area contributed by atoms with E-state index < -0.39 is 0 Å². The maximum Gasteiger partial charge on any atom is 0.288 e. The van der Waals surface area contributed by atoms with Gasteiger partial charge in [-0.05, 0) is 18.4 Å². The van der Waals surface area contributed by atoms with E-state index in [1.54, 1.807) is 0 Å². The van der Waals surface area contributed by atoms with Crippen LogP contribution in [0, 0.1) is 0 Å². The molecule has 2 heterocycles. The molecule has 6 heteroatoms. The summed E-state index contributed by atoms with van der Waals surface area (Å²) in [6.07, 6.45) is 3.44. The third-order valence-corrected chi connectivity index (χ3v) is 3.71. The maximum absolute atomic E-state index is 12.6. The van der Waals surface area contributed by atoms with E-state index in [0.717, 1.165) is 24.9 Å². The van der Waals surface area contributed by atoms with E-state index in [4.69, 9.17) is 4.74 Å². The Bertz CT molecular complexity index is 721. The molecular formula is C17H19N3O3. The lowest BCUT2D eigenvalue weighted by Crippen LogP contribution is -2.47. The summed E-state index contributed by atoms with van der Waals surface area (Å²) in [7, 11) is 0. The molecule has 0 bridgehead atoms. The summed E-state index contributed by atoms with van der Waals surface area (Å²) in [5.74, 6) is -0.209. The number of rotatable bonds is 4. The molecule has 3 rings (SSSR count). The summed E-state index contributed by atoms with van der Waals surface area (Å²) in [6, 6.07) is 10.9. The van der Waals surface area contributed by atoms with Gasteiger partial charge in [0, 0.05) is 25.4 Å². The third kappa shape index (κ3) is 3.60. The fraction of sp³-hybridized carbons (Fsp3) is 0.294. The number of nitrogens with zero attached hydrogens (tertiary/aromatic N) is 1. The van der Waals surface area contributed by atoms with Gasteiger partial charge in [0.25, 0.3) is 5.91 Å². The molecular weight excluding hydrogens is 294 g/mol. The van der Waals surface area contributed by atoms with Crippen molar-refractivity contribution in [1.82, 2.24) is 15.4 Å². The number of H-pyrrole nitrogens is 1. The molecule has 120 valence electrons. The van der Waals surface area contributed by atoms with Gasteiger partial charge in [0.1, 0.15) is 6.61 Å². The number of hydrogen-bond donors (Lipinski definition) is 2. The van der Waals surface area contributed by atoms with Gasteiger partial charge in [-0.15, -0.1) is 0 Å². The number of aromatic amines is 1. The number of carbonyl (C=O) groups is 1. The van der Waals surface area contributed by atoms with Crippen molar-refractivity contribution in [2.75, 3.05) is 13.1 Å². The Morgan fingerprint density at radius 3 is 2.74 bits per heavy atom. The van der Waals surface area contributed by atoms with Crippen molar-refractivity contribution < 1.29 is 9.53 Å². The van der Waals surface area contributed by atoms with Crippen LogP contribution in [0.2, 0.25) is 0 Å². The van der Waals surface area contributed by atoms with E-state index in [1.807, 2.05) is 30.3 Å². The number of nitrogens with one attached hydrogen (secondary N) is 2. The molecule has 23 heavy (non-hydrogen) atoms. The minimum absolute atomic E-state index is 0.0636. The smallest absolute Gasteiger partial charge is 0.288 e. The molecule has 1 aliphatic rings. The lowest BCUT2D eigenvalue weighted by molar-refractivity contribution is 0.0599. The molecule has 0 unspecified atom stereocenters. The van der Waals surface area contributed by atoms with E-state index in [0.29, 0.717) is 6.54 Å². The quantitative estimate of drug-likeness (QED) is 0.901. The van der Waals surface area contributed by atoms with Crippen LogP contribution in [0.4, 0.5) is 0 Å². The van der Waals surface area contributed by atoms with E-state index >= 15 is 0 Å². The van der Waals surface area contributed by atoms with E-state index in [-0.39, 0.29) is 29.4 Å². The number of ether oxygens (including phenoxy) is 1. The summed E-state index contributed by atoms with van der Waals surface area (Å²) in [5, 5.41) is 1.53. The Kier molecular flexibility index (Phi) is 4.73. The van der Waals surface area contributed by atoms with Gasteiger partial charge in [-0.3, -0.25) is 14.6 Å². The largest absolute Gasteiger partial charge is 0.483 e. The van der Waals surface area contributed by atoms with Crippen molar-refractivity contribution in [3.05, 3.63) is 64.1 Å². The van der Waals surface area contributed by atoms with Gasteiger partial charge in [-0.25, -0.2) is 5.43 Å². The van der Waals surface area contributed by atoms with Gasteiger partial charge in [0.15, 0.2) is 11.4 Å². The SMILES string of the molecule is O=C(c1[nH]ccc(=O)c1OCc1ccccc1)N1CCCCN1. The molecule has 1 saturated heterocycles. The number of pyridine rings is 1. The highest BCUT2D eigenvalue weighted by Crippen LogP contribution is 2.15. The average molecular weight is 313 g/mol. The Morgan fingerprint density at radius 1 is 1.17 bits per heavy atom. The van der Waals surface area contributed by atoms with Crippen LogP contribution in [-0.4, -0.2) is 29.0 Å². The second kappa shape index (κ2) is 7.11. The molecule has 6 nitrogen and oxygen atoms in total. The van der Waals surface area contributed by atoms with E-state index in [9.17, 15) is 9.59 Å². The molecule has 0 aliphatic carbocycles. The molecule has 2 N–H and O–H groups in total. The normalized spacial score (nSPS) is 14.5. The first-order chi connectivity index (χ1) is 11.3. The zero-order valence-corrected chi connectivity index (χ0v) is 12.7. The summed E-state index contributed by atoms with van der Waals surface area (Å²) in [6.45, 7) is 1.61. The first-order valence-corrected chi connectivity index (χ1v) is 7.69. The van der Waals surface area contributed by atoms with Crippen molar-refractivity contribution in [2.45, 2.75) is 19.4 Å². The molecule has 1 aromatic carbocycles. The number of benzene rings is 1. The van der Waals surface area contributed by atoms with Crippen LogP contribution in [-0.2, 0) is 6.61 Å². The van der Waals surface area contributed by atoms with E-state index in [1.165, 1.54) is 17.3 Å². The summed E-state index contributed by atoms with van der Waals surface area (Å²) >= 11 is 0. The van der Waals surface area contributed by atoms with Crippen molar-refractivity contribution in [3.8, 4) is 5.75 Å². The molecule has 0 saturated carbocycles. The van der Waals surface area contributed by atoms with Crippen LogP contribution in [0.15, 0.2) is 47.4 Å². The van der Waals surface area contributed by atoms with Crippen molar-refractivity contribution in [3.63, 3.8) is 0 Å². The van der Waals surface area contributed by atoms with Crippen LogP contribution in [0.1, 0.15) is 28.9 Å². The summed E-state index contributed by atoms with van der Waals surface area (Å²) in [5.41, 5.74) is 3.86. The standard InChI is InChI=1S/C17H19N3O3/c21-14-8-10-18-15(17(22)20-11-5-4-9-19-20)16(14)23-12-13-6-2-1-3-7-13/h1-3,6-8,10,19H,4-5,9,11-12H2,(H,18,21). The van der Waals surface area contributed by atoms with E-state index in [2.05, 4.69) is 10.4 Å². The first-order valence-electron chi connectivity index (χ1n) is 7.69. The van der Waals surface area contributed by atoms with Crippen LogP contribution >= 0.6 is 0 Å². The zero-order valence-electron chi connectivity index (χ0n) is 12.7. The van der Waals surface area contributed by atoms with Gasteiger partial charge in [0.2, 0.25) is 5.43 Å². The predicted molar refractivity (Wildman–Crippen MR) is 86.1 cm³/mol. The topological polar surface area (TPSA) is 74.4 Å². The molecule has 2 aromatic rings. The van der Waals surface area contributed by atoms with Crippen molar-refractivity contribution >= 4 is 5.91 Å². The Labute approximate surface area is 134 Å². The highest BCUT2D eigenvalue weighted by molar-refractivity contribution is 5.94. The van der Waals surface area contributed by atoms with Crippen molar-refractivity contribution in [2.24, 2.45) is 0 Å². The Balaban J connectivity index is 1.81. The second-order valence-corrected chi connectivity index (χ2v) is 5.39. The zero-order chi connectivity index (χ0) is 16.1. The molecule has 1 aromatic heterocycles.